The number of pyridine rings is 1. The fourth-order valence-electron chi connectivity index (χ4n) is 3.51. The lowest BCUT2D eigenvalue weighted by Crippen LogP contribution is -2.42. The van der Waals surface area contributed by atoms with Crippen molar-refractivity contribution in [2.75, 3.05) is 31.1 Å². The van der Waals surface area contributed by atoms with Gasteiger partial charge in [0.1, 0.15) is 5.82 Å². The summed E-state index contributed by atoms with van der Waals surface area (Å²) in [5.74, 6) is 1.36. The number of nitrogens with two attached hydrogens (primary N) is 1. The molecule has 0 aliphatic carbocycles. The van der Waals surface area contributed by atoms with Gasteiger partial charge in [-0.1, -0.05) is 12.1 Å². The number of anilines is 1. The average molecular weight is 542 g/mol. The van der Waals surface area contributed by atoms with Crippen molar-refractivity contribution in [2.45, 2.75) is 32.7 Å². The van der Waals surface area contributed by atoms with Crippen LogP contribution in [0.4, 0.5) is 5.82 Å². The molecule has 2 aromatic rings. The number of carbonyl (C=O) groups is 1. The van der Waals surface area contributed by atoms with Gasteiger partial charge in [0.15, 0.2) is 5.96 Å². The number of amides is 1. The highest BCUT2D eigenvalue weighted by Crippen LogP contribution is 2.24. The molecule has 4 N–H and O–H groups in total. The summed E-state index contributed by atoms with van der Waals surface area (Å²) >= 11 is 1.77. The minimum atomic E-state index is -0.227. The van der Waals surface area contributed by atoms with Crippen LogP contribution < -0.4 is 21.3 Å². The first-order chi connectivity index (χ1) is 14.2. The van der Waals surface area contributed by atoms with E-state index in [9.17, 15) is 4.79 Å². The summed E-state index contributed by atoms with van der Waals surface area (Å²) in [6.07, 6.45) is 4.56. The summed E-state index contributed by atoms with van der Waals surface area (Å²) in [7, 11) is 0. The van der Waals surface area contributed by atoms with Crippen LogP contribution in [-0.2, 0) is 17.8 Å². The van der Waals surface area contributed by atoms with Crippen molar-refractivity contribution >= 4 is 53.0 Å². The molecule has 3 rings (SSSR count). The average Bonchev–Trinajstić information content (AvgIpc) is 3.26. The van der Waals surface area contributed by atoms with Crippen LogP contribution in [0.2, 0.25) is 0 Å². The van der Waals surface area contributed by atoms with Crippen molar-refractivity contribution in [3.63, 3.8) is 0 Å². The number of guanidine groups is 1. The van der Waals surface area contributed by atoms with Gasteiger partial charge in [-0.3, -0.25) is 4.79 Å². The number of carbonyl (C=O) groups excluding carboxylic acids is 1. The lowest BCUT2D eigenvalue weighted by Gasteiger charge is -2.33. The zero-order chi connectivity index (χ0) is 20.5. The number of halogens is 1. The predicted molar refractivity (Wildman–Crippen MR) is 135 cm³/mol. The van der Waals surface area contributed by atoms with Gasteiger partial charge in [0.25, 0.3) is 0 Å². The number of rotatable bonds is 8. The maximum atomic E-state index is 11.6. The SMILES string of the molecule is CCNC(=NCc1cccnc1N1CCCC(C(N)=O)C1)NCCc1cccs1.I. The van der Waals surface area contributed by atoms with E-state index >= 15 is 0 Å². The molecule has 1 aliphatic heterocycles. The molecule has 0 radical (unpaired) electrons. The summed E-state index contributed by atoms with van der Waals surface area (Å²) in [5, 5.41) is 8.80. The van der Waals surface area contributed by atoms with E-state index in [0.29, 0.717) is 13.1 Å². The third-order valence-electron chi connectivity index (χ3n) is 4.99. The number of nitrogens with zero attached hydrogens (tertiary/aromatic N) is 3. The van der Waals surface area contributed by atoms with Gasteiger partial charge in [0, 0.05) is 42.8 Å². The molecule has 1 saturated heterocycles. The first-order valence-electron chi connectivity index (χ1n) is 10.2. The van der Waals surface area contributed by atoms with Crippen LogP contribution in [0.15, 0.2) is 40.8 Å². The smallest absolute Gasteiger partial charge is 0.222 e. The maximum absolute atomic E-state index is 11.6. The molecule has 1 atom stereocenters. The van der Waals surface area contributed by atoms with Crippen LogP contribution in [0.5, 0.6) is 0 Å². The van der Waals surface area contributed by atoms with E-state index in [4.69, 9.17) is 10.7 Å². The van der Waals surface area contributed by atoms with Crippen molar-refractivity contribution in [1.82, 2.24) is 15.6 Å². The Labute approximate surface area is 199 Å². The van der Waals surface area contributed by atoms with Crippen molar-refractivity contribution in [3.05, 3.63) is 46.3 Å². The highest BCUT2D eigenvalue weighted by Gasteiger charge is 2.25. The molecule has 1 unspecified atom stereocenters. The third kappa shape index (κ3) is 7.12. The summed E-state index contributed by atoms with van der Waals surface area (Å²) < 4.78 is 0. The normalized spacial score (nSPS) is 16.6. The quantitative estimate of drug-likeness (QED) is 0.271. The molecule has 0 spiro atoms. The zero-order valence-electron chi connectivity index (χ0n) is 17.3. The minimum absolute atomic E-state index is 0. The number of nitrogens with one attached hydrogen (secondary N) is 2. The van der Waals surface area contributed by atoms with E-state index in [2.05, 4.69) is 51.0 Å². The maximum Gasteiger partial charge on any atom is 0.222 e. The molecule has 0 aromatic carbocycles. The highest BCUT2D eigenvalue weighted by molar-refractivity contribution is 14.0. The second-order valence-corrected chi connectivity index (χ2v) is 8.16. The van der Waals surface area contributed by atoms with E-state index in [1.54, 1.807) is 17.5 Å². The molecular formula is C21H31IN6OS. The molecule has 1 aliphatic rings. The summed E-state index contributed by atoms with van der Waals surface area (Å²) in [6.45, 7) is 5.73. The first-order valence-corrected chi connectivity index (χ1v) is 11.1. The van der Waals surface area contributed by atoms with Crippen LogP contribution in [0.3, 0.4) is 0 Å². The summed E-state index contributed by atoms with van der Waals surface area (Å²) in [6, 6.07) is 8.21. The number of piperidine rings is 1. The van der Waals surface area contributed by atoms with E-state index in [1.807, 2.05) is 6.07 Å². The Bertz CT molecular complexity index is 814. The van der Waals surface area contributed by atoms with Crippen LogP contribution >= 0.6 is 35.3 Å². The zero-order valence-corrected chi connectivity index (χ0v) is 20.5. The number of aromatic nitrogens is 1. The highest BCUT2D eigenvalue weighted by atomic mass is 127. The molecule has 1 fully saturated rings. The van der Waals surface area contributed by atoms with E-state index < -0.39 is 0 Å². The fraction of sp³-hybridized carbons (Fsp3) is 0.476. The third-order valence-corrected chi connectivity index (χ3v) is 5.92. The van der Waals surface area contributed by atoms with Gasteiger partial charge in [-0.15, -0.1) is 35.3 Å². The molecule has 3 heterocycles. The molecule has 7 nitrogen and oxygen atoms in total. The second kappa shape index (κ2) is 12.7. The summed E-state index contributed by atoms with van der Waals surface area (Å²) in [5.41, 5.74) is 6.58. The van der Waals surface area contributed by atoms with Crippen LogP contribution in [0.1, 0.15) is 30.2 Å². The number of primary amides is 1. The topological polar surface area (TPSA) is 95.6 Å². The number of hydrogen-bond donors (Lipinski definition) is 3. The molecule has 0 bridgehead atoms. The van der Waals surface area contributed by atoms with Crippen molar-refractivity contribution in [1.29, 1.82) is 0 Å². The van der Waals surface area contributed by atoms with E-state index in [-0.39, 0.29) is 35.8 Å². The van der Waals surface area contributed by atoms with Crippen molar-refractivity contribution < 1.29 is 4.79 Å². The van der Waals surface area contributed by atoms with E-state index in [0.717, 1.165) is 56.2 Å². The first kappa shape index (κ1) is 24.4. The molecule has 1 amide bonds. The Morgan fingerprint density at radius 1 is 1.37 bits per heavy atom. The fourth-order valence-corrected chi connectivity index (χ4v) is 4.21. The van der Waals surface area contributed by atoms with Crippen LogP contribution in [-0.4, -0.2) is 43.0 Å². The summed E-state index contributed by atoms with van der Waals surface area (Å²) in [4.78, 5) is 24.5. The molecule has 0 saturated carbocycles. The van der Waals surface area contributed by atoms with Gasteiger partial charge in [-0.2, -0.15) is 0 Å². The Morgan fingerprint density at radius 3 is 2.97 bits per heavy atom. The van der Waals surface area contributed by atoms with Gasteiger partial charge in [-0.05, 0) is 43.7 Å². The molecule has 164 valence electrons. The van der Waals surface area contributed by atoms with Gasteiger partial charge >= 0.3 is 0 Å². The van der Waals surface area contributed by atoms with Gasteiger partial charge < -0.3 is 21.3 Å². The van der Waals surface area contributed by atoms with Crippen molar-refractivity contribution in [2.24, 2.45) is 16.6 Å². The Morgan fingerprint density at radius 2 is 2.23 bits per heavy atom. The van der Waals surface area contributed by atoms with E-state index in [1.165, 1.54) is 4.88 Å². The molecule has 30 heavy (non-hydrogen) atoms. The standard InChI is InChI=1S/C21H30N6OS.HI/c1-2-23-21(25-11-9-18-8-5-13-29-18)26-14-16-6-3-10-24-20(16)27-12-4-7-17(15-27)19(22)28;/h3,5-6,8,10,13,17H,2,4,7,9,11-12,14-15H2,1H3,(H2,22,28)(H2,23,25,26);1H. The number of aliphatic imine (C=N–C) groups is 1. The number of thiophene rings is 1. The minimum Gasteiger partial charge on any atom is -0.369 e. The lowest BCUT2D eigenvalue weighted by molar-refractivity contribution is -0.122. The van der Waals surface area contributed by atoms with Crippen molar-refractivity contribution in [3.8, 4) is 0 Å². The number of hydrogen-bond acceptors (Lipinski definition) is 5. The Hall–Kier alpha value is -1.88. The molecule has 9 heteroatoms. The van der Waals surface area contributed by atoms with Gasteiger partial charge in [0.05, 0.1) is 12.5 Å². The molecular weight excluding hydrogens is 511 g/mol. The Kier molecular flexibility index (Phi) is 10.4. The van der Waals surface area contributed by atoms with Gasteiger partial charge in [0.2, 0.25) is 5.91 Å². The largest absolute Gasteiger partial charge is 0.369 e. The lowest BCUT2D eigenvalue weighted by atomic mass is 9.97. The Balaban J connectivity index is 0.00000320. The molecule has 2 aromatic heterocycles. The second-order valence-electron chi connectivity index (χ2n) is 7.12. The monoisotopic (exact) mass is 542 g/mol. The van der Waals surface area contributed by atoms with Gasteiger partial charge in [-0.25, -0.2) is 9.98 Å². The van der Waals surface area contributed by atoms with Crippen LogP contribution in [0, 0.1) is 5.92 Å². The predicted octanol–water partition coefficient (Wildman–Crippen LogP) is 2.76. The van der Waals surface area contributed by atoms with Crippen LogP contribution in [0.25, 0.3) is 0 Å².